The summed E-state index contributed by atoms with van der Waals surface area (Å²) in [4.78, 5) is 36.0. The number of amides is 1. The second-order valence-corrected chi connectivity index (χ2v) is 5.59. The maximum Gasteiger partial charge on any atom is 0.275 e. The van der Waals surface area contributed by atoms with Crippen LogP contribution in [0, 0.1) is 0 Å². The molecule has 7 heteroatoms. The highest BCUT2D eigenvalue weighted by atomic mass is 16.2. The molecule has 0 saturated heterocycles. The van der Waals surface area contributed by atoms with Crippen LogP contribution in [0.1, 0.15) is 33.3 Å². The Kier molecular flexibility index (Phi) is 5.28. The Morgan fingerprint density at radius 3 is 2.62 bits per heavy atom. The summed E-state index contributed by atoms with van der Waals surface area (Å²) in [6.07, 6.45) is 6.37. The molecule has 130 valence electrons. The number of hydrogen-bond donors (Lipinski definition) is 2. The molecule has 2 N–H and O–H groups in total. The summed E-state index contributed by atoms with van der Waals surface area (Å²) in [6.45, 7) is 2.04. The normalized spacial score (nSPS) is 10.2. The molecule has 7 nitrogen and oxygen atoms in total. The molecule has 0 spiro atoms. The fourth-order valence-electron chi connectivity index (χ4n) is 2.24. The van der Waals surface area contributed by atoms with Gasteiger partial charge < -0.3 is 10.6 Å². The topological polar surface area (TPSA) is 96.9 Å². The Bertz CT molecular complexity index is 911. The van der Waals surface area contributed by atoms with Crippen molar-refractivity contribution < 1.29 is 9.59 Å². The van der Waals surface area contributed by atoms with E-state index < -0.39 is 5.91 Å². The lowest BCUT2D eigenvalue weighted by atomic mass is 10.1. The maximum absolute atomic E-state index is 12.3. The SMILES string of the molecule is CC(=O)c1cccc(NC(=O)c2cnc(NCc3cccnc3)cn2)c1. The van der Waals surface area contributed by atoms with E-state index in [1.807, 2.05) is 12.1 Å². The fourth-order valence-corrected chi connectivity index (χ4v) is 2.24. The van der Waals surface area contributed by atoms with Crippen molar-refractivity contribution >= 4 is 23.2 Å². The molecule has 0 bridgehead atoms. The average Bonchev–Trinajstić information content (AvgIpc) is 2.68. The summed E-state index contributed by atoms with van der Waals surface area (Å²) in [5.74, 6) is 0.103. The summed E-state index contributed by atoms with van der Waals surface area (Å²) in [7, 11) is 0. The number of carbonyl (C=O) groups excluding carboxylic acids is 2. The maximum atomic E-state index is 12.3. The van der Waals surface area contributed by atoms with Crippen LogP contribution in [0.4, 0.5) is 11.5 Å². The molecule has 0 unspecified atom stereocenters. The Morgan fingerprint density at radius 2 is 1.92 bits per heavy atom. The standard InChI is InChI=1S/C19H17N5O2/c1-13(25)15-5-2-6-16(8-15)24-19(26)17-11-23-18(12-21-17)22-10-14-4-3-7-20-9-14/h2-9,11-12H,10H2,1H3,(H,22,23)(H,24,26). The summed E-state index contributed by atoms with van der Waals surface area (Å²) < 4.78 is 0. The quantitative estimate of drug-likeness (QED) is 0.666. The van der Waals surface area contributed by atoms with Crippen molar-refractivity contribution in [2.24, 2.45) is 0 Å². The Morgan fingerprint density at radius 1 is 1.04 bits per heavy atom. The molecule has 0 aliphatic carbocycles. The second-order valence-electron chi connectivity index (χ2n) is 5.59. The third-order valence-electron chi connectivity index (χ3n) is 3.61. The average molecular weight is 347 g/mol. The van der Waals surface area contributed by atoms with E-state index >= 15 is 0 Å². The monoisotopic (exact) mass is 347 g/mol. The van der Waals surface area contributed by atoms with Crippen molar-refractivity contribution in [2.75, 3.05) is 10.6 Å². The van der Waals surface area contributed by atoms with Crippen molar-refractivity contribution in [3.63, 3.8) is 0 Å². The number of benzene rings is 1. The number of pyridine rings is 1. The minimum absolute atomic E-state index is 0.0649. The van der Waals surface area contributed by atoms with Gasteiger partial charge in [-0.3, -0.25) is 14.6 Å². The van der Waals surface area contributed by atoms with Gasteiger partial charge in [0.25, 0.3) is 5.91 Å². The molecule has 0 saturated carbocycles. The van der Waals surface area contributed by atoms with Crippen LogP contribution in [0.3, 0.4) is 0 Å². The number of Topliss-reactive ketones (excluding diaryl/α,β-unsaturated/α-hetero) is 1. The minimum atomic E-state index is -0.392. The first-order chi connectivity index (χ1) is 12.6. The zero-order valence-corrected chi connectivity index (χ0v) is 14.1. The van der Waals surface area contributed by atoms with E-state index in [0.717, 1.165) is 5.56 Å². The number of carbonyl (C=O) groups is 2. The number of anilines is 2. The molecule has 0 fully saturated rings. The Balaban J connectivity index is 1.61. The molecule has 26 heavy (non-hydrogen) atoms. The van der Waals surface area contributed by atoms with E-state index in [2.05, 4.69) is 25.6 Å². The highest BCUT2D eigenvalue weighted by Crippen LogP contribution is 2.12. The van der Waals surface area contributed by atoms with Gasteiger partial charge in [-0.1, -0.05) is 18.2 Å². The molecule has 0 aliphatic heterocycles. The van der Waals surface area contributed by atoms with Crippen LogP contribution in [0.25, 0.3) is 0 Å². The molecular weight excluding hydrogens is 330 g/mol. The minimum Gasteiger partial charge on any atom is -0.365 e. The first kappa shape index (κ1) is 17.2. The number of nitrogens with zero attached hydrogens (tertiary/aromatic N) is 3. The van der Waals surface area contributed by atoms with Crippen LogP contribution >= 0.6 is 0 Å². The number of ketones is 1. The van der Waals surface area contributed by atoms with Crippen molar-refractivity contribution in [3.05, 3.63) is 78.0 Å². The zero-order valence-electron chi connectivity index (χ0n) is 14.1. The number of hydrogen-bond acceptors (Lipinski definition) is 6. The first-order valence-corrected chi connectivity index (χ1v) is 7.99. The smallest absolute Gasteiger partial charge is 0.275 e. The van der Waals surface area contributed by atoms with E-state index in [0.29, 0.717) is 23.6 Å². The molecule has 0 aliphatic rings. The fraction of sp³-hybridized carbons (Fsp3) is 0.105. The number of nitrogens with one attached hydrogen (secondary N) is 2. The lowest BCUT2D eigenvalue weighted by molar-refractivity contribution is 0.100. The number of rotatable bonds is 6. The predicted octanol–water partition coefficient (Wildman–Crippen LogP) is 2.94. The van der Waals surface area contributed by atoms with Crippen molar-refractivity contribution in [1.82, 2.24) is 15.0 Å². The molecule has 3 rings (SSSR count). The highest BCUT2D eigenvalue weighted by molar-refractivity contribution is 6.03. The van der Waals surface area contributed by atoms with Gasteiger partial charge in [-0.2, -0.15) is 0 Å². The second kappa shape index (κ2) is 7.98. The van der Waals surface area contributed by atoms with E-state index in [9.17, 15) is 9.59 Å². The van der Waals surface area contributed by atoms with Crippen LogP contribution < -0.4 is 10.6 Å². The van der Waals surface area contributed by atoms with Gasteiger partial charge in [-0.25, -0.2) is 9.97 Å². The zero-order chi connectivity index (χ0) is 18.4. The summed E-state index contributed by atoms with van der Waals surface area (Å²) >= 11 is 0. The van der Waals surface area contributed by atoms with Gasteiger partial charge in [0.05, 0.1) is 12.4 Å². The van der Waals surface area contributed by atoms with Gasteiger partial charge in [0.1, 0.15) is 11.5 Å². The van der Waals surface area contributed by atoms with Crippen molar-refractivity contribution in [1.29, 1.82) is 0 Å². The van der Waals surface area contributed by atoms with Crippen LogP contribution in [0.5, 0.6) is 0 Å². The molecule has 1 amide bonds. The Labute approximate surface area is 150 Å². The highest BCUT2D eigenvalue weighted by Gasteiger charge is 2.09. The predicted molar refractivity (Wildman–Crippen MR) is 98.0 cm³/mol. The molecule has 2 heterocycles. The summed E-state index contributed by atoms with van der Waals surface area (Å²) in [5.41, 5.74) is 2.26. The molecule has 1 aromatic carbocycles. The lowest BCUT2D eigenvalue weighted by Crippen LogP contribution is -2.15. The lowest BCUT2D eigenvalue weighted by Gasteiger charge is -2.07. The van der Waals surface area contributed by atoms with Gasteiger partial charge >= 0.3 is 0 Å². The van der Waals surface area contributed by atoms with E-state index in [-0.39, 0.29) is 11.5 Å². The van der Waals surface area contributed by atoms with E-state index in [1.54, 1.807) is 36.7 Å². The van der Waals surface area contributed by atoms with Gasteiger partial charge in [0.15, 0.2) is 5.78 Å². The van der Waals surface area contributed by atoms with Gasteiger partial charge in [-0.05, 0) is 30.7 Å². The third kappa shape index (κ3) is 4.47. The third-order valence-corrected chi connectivity index (χ3v) is 3.61. The van der Waals surface area contributed by atoms with Crippen LogP contribution in [0.15, 0.2) is 61.2 Å². The van der Waals surface area contributed by atoms with Crippen molar-refractivity contribution in [3.8, 4) is 0 Å². The van der Waals surface area contributed by atoms with E-state index in [1.165, 1.54) is 19.3 Å². The van der Waals surface area contributed by atoms with Gasteiger partial charge in [0, 0.05) is 30.2 Å². The van der Waals surface area contributed by atoms with E-state index in [4.69, 9.17) is 0 Å². The van der Waals surface area contributed by atoms with Crippen LogP contribution in [0.2, 0.25) is 0 Å². The largest absolute Gasteiger partial charge is 0.365 e. The molecular formula is C19H17N5O2. The number of aromatic nitrogens is 3. The molecule has 0 radical (unpaired) electrons. The molecule has 2 aromatic heterocycles. The summed E-state index contributed by atoms with van der Waals surface area (Å²) in [6, 6.07) is 10.5. The summed E-state index contributed by atoms with van der Waals surface area (Å²) in [5, 5.41) is 5.82. The molecule has 0 atom stereocenters. The van der Waals surface area contributed by atoms with Crippen LogP contribution in [-0.4, -0.2) is 26.6 Å². The van der Waals surface area contributed by atoms with Crippen LogP contribution in [-0.2, 0) is 6.54 Å². The molecule has 3 aromatic rings. The van der Waals surface area contributed by atoms with Gasteiger partial charge in [0.2, 0.25) is 0 Å². The Hall–Kier alpha value is -3.61. The van der Waals surface area contributed by atoms with Gasteiger partial charge in [-0.15, -0.1) is 0 Å². The van der Waals surface area contributed by atoms with Crippen molar-refractivity contribution in [2.45, 2.75) is 13.5 Å². The first-order valence-electron chi connectivity index (χ1n) is 7.99.